The van der Waals surface area contributed by atoms with E-state index in [0.29, 0.717) is 16.4 Å². The molecular formula is C21H19ClN2O3S. The summed E-state index contributed by atoms with van der Waals surface area (Å²) >= 11 is 5.93. The van der Waals surface area contributed by atoms with Gasteiger partial charge < -0.3 is 5.32 Å². The fraction of sp³-hybridized carbons (Fsp3) is 0.0952. The lowest BCUT2D eigenvalue weighted by Crippen LogP contribution is -2.16. The van der Waals surface area contributed by atoms with E-state index in [0.717, 1.165) is 11.1 Å². The first-order valence-corrected chi connectivity index (χ1v) is 10.4. The maximum atomic E-state index is 12.7. The van der Waals surface area contributed by atoms with Gasteiger partial charge >= 0.3 is 0 Å². The van der Waals surface area contributed by atoms with Crippen LogP contribution >= 0.6 is 11.6 Å². The van der Waals surface area contributed by atoms with Crippen LogP contribution in [0, 0.1) is 13.8 Å². The normalized spacial score (nSPS) is 11.1. The SMILES string of the molecule is Cc1ccc(NS(=O)(=O)c2cccc(C(=O)Nc3ccc(Cl)cc3C)c2)cc1. The molecule has 0 aliphatic rings. The van der Waals surface area contributed by atoms with Gasteiger partial charge in [0.05, 0.1) is 4.90 Å². The highest BCUT2D eigenvalue weighted by atomic mass is 35.5. The third kappa shape index (κ3) is 4.71. The summed E-state index contributed by atoms with van der Waals surface area (Å²) in [5.74, 6) is -0.405. The summed E-state index contributed by atoms with van der Waals surface area (Å²) in [6.45, 7) is 3.75. The number of hydrogen-bond acceptors (Lipinski definition) is 3. The van der Waals surface area contributed by atoms with Gasteiger partial charge in [-0.3, -0.25) is 9.52 Å². The largest absolute Gasteiger partial charge is 0.322 e. The molecule has 3 aromatic rings. The molecule has 0 fully saturated rings. The van der Waals surface area contributed by atoms with E-state index in [1.54, 1.807) is 36.4 Å². The summed E-state index contributed by atoms with van der Waals surface area (Å²) in [5, 5.41) is 3.35. The first-order valence-electron chi connectivity index (χ1n) is 8.52. The minimum atomic E-state index is -3.82. The quantitative estimate of drug-likeness (QED) is 0.616. The first-order chi connectivity index (χ1) is 13.2. The summed E-state index contributed by atoms with van der Waals surface area (Å²) < 4.78 is 27.8. The second-order valence-electron chi connectivity index (χ2n) is 6.41. The second-order valence-corrected chi connectivity index (χ2v) is 8.53. The Hall–Kier alpha value is -2.83. The van der Waals surface area contributed by atoms with Gasteiger partial charge in [-0.05, 0) is 67.9 Å². The number of amides is 1. The van der Waals surface area contributed by atoms with Crippen molar-refractivity contribution in [1.29, 1.82) is 0 Å². The fourth-order valence-corrected chi connectivity index (χ4v) is 3.93. The zero-order valence-electron chi connectivity index (χ0n) is 15.4. The average Bonchev–Trinajstić information content (AvgIpc) is 2.66. The monoisotopic (exact) mass is 414 g/mol. The number of hydrogen-bond donors (Lipinski definition) is 2. The Morgan fingerprint density at radius 3 is 2.32 bits per heavy atom. The van der Waals surface area contributed by atoms with Crippen LogP contribution in [-0.4, -0.2) is 14.3 Å². The molecule has 0 aliphatic carbocycles. The summed E-state index contributed by atoms with van der Waals surface area (Å²) in [4.78, 5) is 12.6. The van der Waals surface area contributed by atoms with Crippen LogP contribution in [0.5, 0.6) is 0 Å². The Kier molecular flexibility index (Phi) is 5.72. The smallest absolute Gasteiger partial charge is 0.261 e. The van der Waals surface area contributed by atoms with Gasteiger partial charge in [-0.1, -0.05) is 35.4 Å². The maximum Gasteiger partial charge on any atom is 0.261 e. The van der Waals surface area contributed by atoms with Crippen LogP contribution in [0.2, 0.25) is 5.02 Å². The predicted octanol–water partition coefficient (Wildman–Crippen LogP) is 5.01. The number of halogens is 1. The molecule has 7 heteroatoms. The Morgan fingerprint density at radius 1 is 0.929 bits per heavy atom. The molecule has 1 amide bonds. The second kappa shape index (κ2) is 8.04. The zero-order valence-corrected chi connectivity index (χ0v) is 16.9. The van der Waals surface area contributed by atoms with E-state index in [9.17, 15) is 13.2 Å². The van der Waals surface area contributed by atoms with E-state index in [2.05, 4.69) is 10.0 Å². The lowest BCUT2D eigenvalue weighted by molar-refractivity contribution is 0.102. The number of carbonyl (C=O) groups is 1. The summed E-state index contributed by atoms with van der Waals surface area (Å²) in [6, 6.07) is 18.0. The van der Waals surface area contributed by atoms with Gasteiger partial charge in [0, 0.05) is 22.0 Å². The van der Waals surface area contributed by atoms with Crippen molar-refractivity contribution >= 4 is 38.9 Å². The molecule has 0 aromatic heterocycles. The van der Waals surface area contributed by atoms with Crippen molar-refractivity contribution in [2.24, 2.45) is 0 Å². The van der Waals surface area contributed by atoms with Crippen LogP contribution in [0.4, 0.5) is 11.4 Å². The molecule has 0 bridgehead atoms. The van der Waals surface area contributed by atoms with Gasteiger partial charge in [0.1, 0.15) is 0 Å². The number of anilines is 2. The number of carbonyl (C=O) groups excluding carboxylic acids is 1. The lowest BCUT2D eigenvalue weighted by Gasteiger charge is -2.11. The molecule has 3 rings (SSSR count). The number of nitrogens with one attached hydrogen (secondary N) is 2. The van der Waals surface area contributed by atoms with Crippen LogP contribution in [0.1, 0.15) is 21.5 Å². The van der Waals surface area contributed by atoms with Crippen LogP contribution in [0.3, 0.4) is 0 Å². The van der Waals surface area contributed by atoms with Crippen molar-refractivity contribution in [3.63, 3.8) is 0 Å². The van der Waals surface area contributed by atoms with Crippen molar-refractivity contribution < 1.29 is 13.2 Å². The number of aryl methyl sites for hydroxylation is 2. The van der Waals surface area contributed by atoms with E-state index < -0.39 is 15.9 Å². The molecule has 0 atom stereocenters. The molecule has 0 unspecified atom stereocenters. The molecule has 28 heavy (non-hydrogen) atoms. The standard InChI is InChI=1S/C21H19ClN2O3S/c1-14-6-9-18(10-7-14)24-28(26,27)19-5-3-4-16(13-19)21(25)23-20-11-8-17(22)12-15(20)2/h3-13,24H,1-2H3,(H,23,25). The van der Waals surface area contributed by atoms with Gasteiger partial charge in [0.25, 0.3) is 15.9 Å². The molecule has 144 valence electrons. The third-order valence-electron chi connectivity index (χ3n) is 4.15. The Labute approximate surface area is 169 Å². The topological polar surface area (TPSA) is 75.3 Å². The highest BCUT2D eigenvalue weighted by Crippen LogP contribution is 2.22. The summed E-state index contributed by atoms with van der Waals surface area (Å²) in [7, 11) is -3.82. The van der Waals surface area contributed by atoms with E-state index >= 15 is 0 Å². The Bertz CT molecular complexity index is 1130. The third-order valence-corrected chi connectivity index (χ3v) is 5.76. The van der Waals surface area contributed by atoms with Crippen molar-refractivity contribution in [1.82, 2.24) is 0 Å². The van der Waals surface area contributed by atoms with Crippen LogP contribution in [0.15, 0.2) is 71.6 Å². The highest BCUT2D eigenvalue weighted by molar-refractivity contribution is 7.92. The molecule has 5 nitrogen and oxygen atoms in total. The Morgan fingerprint density at radius 2 is 1.64 bits per heavy atom. The fourth-order valence-electron chi connectivity index (χ4n) is 2.60. The number of benzene rings is 3. The number of rotatable bonds is 5. The van der Waals surface area contributed by atoms with E-state index in [1.165, 1.54) is 18.2 Å². The van der Waals surface area contributed by atoms with Gasteiger partial charge in [0.2, 0.25) is 0 Å². The maximum absolute atomic E-state index is 12.7. The van der Waals surface area contributed by atoms with Crippen molar-refractivity contribution in [2.75, 3.05) is 10.0 Å². The number of sulfonamides is 1. The summed E-state index contributed by atoms with van der Waals surface area (Å²) in [5.41, 5.74) is 3.14. The van der Waals surface area contributed by atoms with E-state index in [4.69, 9.17) is 11.6 Å². The molecule has 2 N–H and O–H groups in total. The highest BCUT2D eigenvalue weighted by Gasteiger charge is 2.17. The average molecular weight is 415 g/mol. The predicted molar refractivity (Wildman–Crippen MR) is 113 cm³/mol. The molecule has 0 radical (unpaired) electrons. The summed E-state index contributed by atoms with van der Waals surface area (Å²) in [6.07, 6.45) is 0. The first kappa shape index (κ1) is 19.9. The zero-order chi connectivity index (χ0) is 20.3. The van der Waals surface area contributed by atoms with Gasteiger partial charge in [-0.25, -0.2) is 8.42 Å². The van der Waals surface area contributed by atoms with Crippen molar-refractivity contribution in [2.45, 2.75) is 18.7 Å². The molecule has 0 saturated heterocycles. The molecule has 3 aromatic carbocycles. The minimum absolute atomic E-state index is 0.00792. The van der Waals surface area contributed by atoms with E-state index in [1.807, 2.05) is 26.0 Å². The molecule has 0 spiro atoms. The lowest BCUT2D eigenvalue weighted by atomic mass is 10.1. The minimum Gasteiger partial charge on any atom is -0.322 e. The van der Waals surface area contributed by atoms with Crippen molar-refractivity contribution in [3.8, 4) is 0 Å². The van der Waals surface area contributed by atoms with Crippen molar-refractivity contribution in [3.05, 3.63) is 88.4 Å². The van der Waals surface area contributed by atoms with E-state index in [-0.39, 0.29) is 10.5 Å². The molecular weight excluding hydrogens is 396 g/mol. The van der Waals surface area contributed by atoms with Gasteiger partial charge in [-0.15, -0.1) is 0 Å². The molecule has 0 aliphatic heterocycles. The van der Waals surface area contributed by atoms with Crippen LogP contribution in [0.25, 0.3) is 0 Å². The van der Waals surface area contributed by atoms with Crippen LogP contribution in [-0.2, 0) is 10.0 Å². The van der Waals surface area contributed by atoms with Gasteiger partial charge in [-0.2, -0.15) is 0 Å². The Balaban J connectivity index is 1.82. The van der Waals surface area contributed by atoms with Crippen LogP contribution < -0.4 is 10.0 Å². The van der Waals surface area contributed by atoms with Gasteiger partial charge in [0.15, 0.2) is 0 Å². The molecule has 0 saturated carbocycles. The molecule has 0 heterocycles.